The highest BCUT2D eigenvalue weighted by molar-refractivity contribution is 8.00. The van der Waals surface area contributed by atoms with Crippen molar-refractivity contribution in [3.8, 4) is 17.3 Å². The van der Waals surface area contributed by atoms with Crippen molar-refractivity contribution in [1.29, 1.82) is 0 Å². The first-order chi connectivity index (χ1) is 13.7. The van der Waals surface area contributed by atoms with Gasteiger partial charge in [0.05, 0.1) is 42.7 Å². The van der Waals surface area contributed by atoms with Gasteiger partial charge < -0.3 is 14.2 Å². The number of rotatable bonds is 5. The van der Waals surface area contributed by atoms with Crippen molar-refractivity contribution >= 4 is 42.0 Å². The Balaban J connectivity index is 0.00000205. The van der Waals surface area contributed by atoms with Crippen molar-refractivity contribution < 1.29 is 9.47 Å². The lowest BCUT2D eigenvalue weighted by atomic mass is 10.2. The summed E-state index contributed by atoms with van der Waals surface area (Å²) in [5.41, 5.74) is 2.71. The normalized spacial score (nSPS) is 12.9. The summed E-state index contributed by atoms with van der Waals surface area (Å²) in [6.45, 7) is 1.58. The molecule has 0 saturated carbocycles. The van der Waals surface area contributed by atoms with Gasteiger partial charge in [-0.2, -0.15) is 28.8 Å². The molecule has 1 aliphatic rings. The Bertz CT molecular complexity index is 1150. The maximum atomic E-state index is 5.76. The fraction of sp³-hybridized carbons (Fsp3) is 0.278. The van der Waals surface area contributed by atoms with Gasteiger partial charge in [0.1, 0.15) is 17.1 Å². The van der Waals surface area contributed by atoms with Crippen LogP contribution in [0.1, 0.15) is 6.42 Å². The van der Waals surface area contributed by atoms with Gasteiger partial charge in [-0.15, -0.1) is 0 Å². The van der Waals surface area contributed by atoms with Gasteiger partial charge in [0.2, 0.25) is 5.88 Å². The van der Waals surface area contributed by atoms with E-state index in [1.54, 1.807) is 24.2 Å². The van der Waals surface area contributed by atoms with Gasteiger partial charge in [0.15, 0.2) is 0 Å². The van der Waals surface area contributed by atoms with Gasteiger partial charge in [-0.1, -0.05) is 0 Å². The van der Waals surface area contributed by atoms with Crippen LogP contribution in [0, 0.1) is 0 Å². The molecule has 4 aromatic rings. The van der Waals surface area contributed by atoms with Crippen molar-refractivity contribution in [2.45, 2.75) is 17.9 Å². The largest absolute Gasteiger partial charge is 0.494 e. The Morgan fingerprint density at radius 1 is 1.17 bits per heavy atom. The molecule has 0 saturated heterocycles. The number of aromatic nitrogens is 6. The Kier molecular flexibility index (Phi) is 5.33. The Morgan fingerprint density at radius 3 is 2.93 bits per heavy atom. The first kappa shape index (κ1) is 19.5. The van der Waals surface area contributed by atoms with Gasteiger partial charge >= 0.3 is 0 Å². The Labute approximate surface area is 178 Å². The minimum absolute atomic E-state index is 0. The Hall–Kier alpha value is -2.79. The maximum Gasteiger partial charge on any atom is 0.238 e. The van der Waals surface area contributed by atoms with E-state index < -0.39 is 0 Å². The number of hydrogen-bond acceptors (Lipinski definition) is 7. The molecule has 5 rings (SSSR count). The second-order valence-corrected chi connectivity index (χ2v) is 7.31. The van der Waals surface area contributed by atoms with Crippen LogP contribution in [-0.2, 0) is 13.6 Å². The molecule has 4 heterocycles. The molecule has 0 fully saturated rings. The highest BCUT2D eigenvalue weighted by Gasteiger charge is 2.19. The molecule has 9 nitrogen and oxygen atoms in total. The summed E-state index contributed by atoms with van der Waals surface area (Å²) in [4.78, 5) is 0.956. The number of methoxy groups -OCH3 is 1. The predicted molar refractivity (Wildman–Crippen MR) is 117 cm³/mol. The summed E-state index contributed by atoms with van der Waals surface area (Å²) in [6, 6.07) is 3.94. The average molecular weight is 432 g/mol. The fourth-order valence-electron chi connectivity index (χ4n) is 3.33. The van der Waals surface area contributed by atoms with Gasteiger partial charge in [-0.05, 0) is 24.1 Å². The van der Waals surface area contributed by atoms with E-state index in [0.717, 1.165) is 51.8 Å². The number of hydrogen-bond donors (Lipinski definition) is 1. The quantitative estimate of drug-likeness (QED) is 0.486. The van der Waals surface area contributed by atoms with Crippen LogP contribution in [-0.4, -0.2) is 43.1 Å². The zero-order valence-electron chi connectivity index (χ0n) is 16.0. The molecule has 1 aliphatic heterocycles. The molecule has 0 aliphatic carbocycles. The third kappa shape index (κ3) is 3.40. The number of nitrogens with zero attached hydrogens (tertiary/aromatic N) is 6. The van der Waals surface area contributed by atoms with E-state index in [0.29, 0.717) is 6.61 Å². The number of fused-ring (bicyclic) bond motifs is 2. The second kappa shape index (κ2) is 7.91. The van der Waals surface area contributed by atoms with Crippen LogP contribution in [0.3, 0.4) is 0 Å². The summed E-state index contributed by atoms with van der Waals surface area (Å²) < 4.78 is 20.2. The predicted octanol–water partition coefficient (Wildman–Crippen LogP) is 2.98. The summed E-state index contributed by atoms with van der Waals surface area (Å²) in [7, 11) is 3.58. The van der Waals surface area contributed by atoms with Crippen LogP contribution in [0.4, 0.5) is 5.69 Å². The van der Waals surface area contributed by atoms with Crippen molar-refractivity contribution in [1.82, 2.24) is 29.3 Å². The molecule has 29 heavy (non-hydrogen) atoms. The standard InChI is InChI=1S/C18H19N7O2S.H2S/c1-23-17-12(8-19-23)4-5-15(26-2)16(17)22-28-13-9-20-25(11-13)14-10-21-24-6-3-7-27-18(14)24;/h4-5,8-11,22H,3,6-7H2,1-2H3;1H2. The molecule has 1 N–H and O–H groups in total. The van der Waals surface area contributed by atoms with E-state index in [2.05, 4.69) is 20.0 Å². The molecule has 0 bridgehead atoms. The van der Waals surface area contributed by atoms with Crippen LogP contribution >= 0.6 is 25.4 Å². The lowest BCUT2D eigenvalue weighted by molar-refractivity contribution is 0.229. The summed E-state index contributed by atoms with van der Waals surface area (Å²) >= 11 is 1.46. The van der Waals surface area contributed by atoms with E-state index >= 15 is 0 Å². The van der Waals surface area contributed by atoms with Crippen molar-refractivity contribution in [2.75, 3.05) is 18.4 Å². The van der Waals surface area contributed by atoms with Gasteiger partial charge in [-0.25, -0.2) is 9.36 Å². The van der Waals surface area contributed by atoms with Crippen molar-refractivity contribution in [3.05, 3.63) is 36.9 Å². The molecule has 0 unspecified atom stereocenters. The first-order valence-corrected chi connectivity index (χ1v) is 9.71. The van der Waals surface area contributed by atoms with Crippen molar-refractivity contribution in [3.63, 3.8) is 0 Å². The van der Waals surface area contributed by atoms with Gasteiger partial charge in [-0.3, -0.25) is 4.68 Å². The highest BCUT2D eigenvalue weighted by atomic mass is 32.2. The molecule has 3 aromatic heterocycles. The van der Waals surface area contributed by atoms with E-state index in [9.17, 15) is 0 Å². The lowest BCUT2D eigenvalue weighted by Gasteiger charge is -2.15. The van der Waals surface area contributed by atoms with Crippen LogP contribution in [0.25, 0.3) is 16.6 Å². The third-order valence-electron chi connectivity index (χ3n) is 4.69. The summed E-state index contributed by atoms with van der Waals surface area (Å²) in [6.07, 6.45) is 8.35. The molecule has 152 valence electrons. The maximum absolute atomic E-state index is 5.76. The number of nitrogens with one attached hydrogen (secondary N) is 1. The number of ether oxygens (including phenoxy) is 2. The molecular formula is C18H21N7O2S2. The van der Waals surface area contributed by atoms with E-state index in [1.807, 2.05) is 40.9 Å². The zero-order chi connectivity index (χ0) is 19.1. The molecule has 0 radical (unpaired) electrons. The average Bonchev–Trinajstić information content (AvgIpc) is 3.44. The molecule has 0 amide bonds. The topological polar surface area (TPSA) is 84.0 Å². The van der Waals surface area contributed by atoms with Gasteiger partial charge in [0.25, 0.3) is 0 Å². The Morgan fingerprint density at radius 2 is 2.07 bits per heavy atom. The lowest BCUT2D eigenvalue weighted by Crippen LogP contribution is -2.15. The number of anilines is 1. The van der Waals surface area contributed by atoms with Crippen LogP contribution in [0.5, 0.6) is 11.6 Å². The van der Waals surface area contributed by atoms with Crippen LogP contribution in [0.2, 0.25) is 0 Å². The smallest absolute Gasteiger partial charge is 0.238 e. The molecular weight excluding hydrogens is 410 g/mol. The summed E-state index contributed by atoms with van der Waals surface area (Å²) in [5, 5.41) is 14.2. The summed E-state index contributed by atoms with van der Waals surface area (Å²) in [5.74, 6) is 1.52. The second-order valence-electron chi connectivity index (χ2n) is 6.43. The third-order valence-corrected chi connectivity index (χ3v) is 5.44. The zero-order valence-corrected chi connectivity index (χ0v) is 17.8. The molecule has 1 aromatic carbocycles. The monoisotopic (exact) mass is 431 g/mol. The van der Waals surface area contributed by atoms with E-state index in [-0.39, 0.29) is 13.5 Å². The highest BCUT2D eigenvalue weighted by Crippen LogP contribution is 2.36. The number of benzene rings is 1. The fourth-order valence-corrected chi connectivity index (χ4v) is 4.00. The minimum Gasteiger partial charge on any atom is -0.494 e. The molecule has 0 atom stereocenters. The number of aryl methyl sites for hydroxylation is 2. The molecule has 11 heteroatoms. The first-order valence-electron chi connectivity index (χ1n) is 8.90. The van der Waals surface area contributed by atoms with Gasteiger partial charge in [0, 0.05) is 31.6 Å². The van der Waals surface area contributed by atoms with Crippen molar-refractivity contribution in [2.24, 2.45) is 7.05 Å². The SMILES string of the molecule is COc1ccc2cnn(C)c2c1NSc1cnn(-c2cnn3c2OCCC3)c1.S. The van der Waals surface area contributed by atoms with Crippen LogP contribution < -0.4 is 14.2 Å². The van der Waals surface area contributed by atoms with E-state index in [4.69, 9.17) is 9.47 Å². The molecule has 0 spiro atoms. The minimum atomic E-state index is 0. The van der Waals surface area contributed by atoms with Crippen LogP contribution in [0.15, 0.2) is 41.8 Å². The van der Waals surface area contributed by atoms with E-state index in [1.165, 1.54) is 11.9 Å².